The second-order valence-electron chi connectivity index (χ2n) is 8.49. The van der Waals surface area contributed by atoms with Gasteiger partial charge < -0.3 is 41.7 Å². The zero-order chi connectivity index (χ0) is 26.8. The third-order valence-corrected chi connectivity index (χ3v) is 6.20. The van der Waals surface area contributed by atoms with Gasteiger partial charge in [0.15, 0.2) is 23.7 Å². The van der Waals surface area contributed by atoms with E-state index in [9.17, 15) is 46.5 Å². The lowest BCUT2D eigenvalue weighted by Crippen LogP contribution is -2.77. The number of rotatable bonds is 4. The van der Waals surface area contributed by atoms with E-state index >= 15 is 0 Å². The van der Waals surface area contributed by atoms with Crippen molar-refractivity contribution in [1.29, 1.82) is 0 Å². The van der Waals surface area contributed by atoms with E-state index in [1.54, 1.807) is 0 Å². The zero-order valence-electron chi connectivity index (χ0n) is 18.0. The number of benzene rings is 1. The molecule has 11 nitrogen and oxygen atoms in total. The van der Waals surface area contributed by atoms with Crippen LogP contribution in [-0.4, -0.2) is 80.9 Å². The number of aliphatic hydroxyl groups is 3. The Labute approximate surface area is 198 Å². The number of nitrogens with one attached hydrogen (secondary N) is 1. The van der Waals surface area contributed by atoms with E-state index in [0.29, 0.717) is 12.1 Å². The molecule has 0 amide bonds. The summed E-state index contributed by atoms with van der Waals surface area (Å²) in [6.07, 6.45) is -13.1. The van der Waals surface area contributed by atoms with Crippen LogP contribution in [0.5, 0.6) is 0 Å². The van der Waals surface area contributed by atoms with Gasteiger partial charge in [-0.3, -0.25) is 4.79 Å². The van der Waals surface area contributed by atoms with E-state index in [0.717, 1.165) is 4.90 Å². The predicted octanol–water partition coefficient (Wildman–Crippen LogP) is -1.15. The maximum atomic E-state index is 13.1. The van der Waals surface area contributed by atoms with Crippen LogP contribution >= 0.6 is 0 Å². The molecule has 4 atom stereocenters. The smallest absolute Gasteiger partial charge is 0.416 e. The van der Waals surface area contributed by atoms with E-state index < -0.39 is 84.2 Å². The van der Waals surface area contributed by atoms with Gasteiger partial charge in [0.2, 0.25) is 5.79 Å². The van der Waals surface area contributed by atoms with Gasteiger partial charge in [0.25, 0.3) is 0 Å². The minimum atomic E-state index is -5.12. The van der Waals surface area contributed by atoms with Crippen LogP contribution in [0.15, 0.2) is 28.2 Å². The van der Waals surface area contributed by atoms with Gasteiger partial charge in [-0.15, -0.1) is 0 Å². The van der Waals surface area contributed by atoms with Crippen LogP contribution in [-0.2, 0) is 28.3 Å². The van der Waals surface area contributed by atoms with Gasteiger partial charge in [0.1, 0.15) is 12.1 Å². The third kappa shape index (κ3) is 3.96. The van der Waals surface area contributed by atoms with Gasteiger partial charge >= 0.3 is 18.3 Å². The Morgan fingerprint density at radius 1 is 1.11 bits per heavy atom. The quantitative estimate of drug-likeness (QED) is 0.160. The molecule has 17 heteroatoms. The number of guanidine groups is 2. The summed E-state index contributed by atoms with van der Waals surface area (Å²) in [6.45, 7) is -1.12. The van der Waals surface area contributed by atoms with Crippen LogP contribution in [0.1, 0.15) is 16.7 Å². The highest BCUT2D eigenvalue weighted by Crippen LogP contribution is 2.45. The van der Waals surface area contributed by atoms with Crippen LogP contribution < -0.4 is 16.8 Å². The fraction of sp³-hybridized carbons (Fsp3) is 0.526. The van der Waals surface area contributed by atoms with Crippen LogP contribution in [0.2, 0.25) is 0 Å². The summed E-state index contributed by atoms with van der Waals surface area (Å²) in [6, 6.07) is -1.64. The maximum absolute atomic E-state index is 13.1. The Balaban J connectivity index is 1.61. The number of aliphatic imine (C=N–C) groups is 2. The van der Waals surface area contributed by atoms with Crippen molar-refractivity contribution in [3.63, 3.8) is 0 Å². The molecule has 8 N–H and O–H groups in total. The number of esters is 1. The van der Waals surface area contributed by atoms with Gasteiger partial charge in [-0.2, -0.15) is 26.3 Å². The number of halogens is 6. The number of nitrogens with two attached hydrogens (primary N) is 2. The molecule has 1 spiro atoms. The van der Waals surface area contributed by atoms with Gasteiger partial charge in [0, 0.05) is 0 Å². The van der Waals surface area contributed by atoms with Gasteiger partial charge in [0.05, 0.1) is 30.7 Å². The van der Waals surface area contributed by atoms with Crippen molar-refractivity contribution in [3.05, 3.63) is 34.9 Å². The molecule has 3 heterocycles. The number of nitrogens with zero attached hydrogens (tertiary/aromatic N) is 3. The predicted molar refractivity (Wildman–Crippen MR) is 108 cm³/mol. The molecular weight excluding hydrogens is 506 g/mol. The number of carbonyl (C=O) groups is 1. The highest BCUT2D eigenvalue weighted by atomic mass is 19.4. The topological polar surface area (TPSA) is 179 Å². The molecule has 0 unspecified atom stereocenters. The summed E-state index contributed by atoms with van der Waals surface area (Å²) >= 11 is 0. The van der Waals surface area contributed by atoms with Gasteiger partial charge in [-0.1, -0.05) is 0 Å². The van der Waals surface area contributed by atoms with Crippen LogP contribution in [0, 0.1) is 0 Å². The Morgan fingerprint density at radius 3 is 2.22 bits per heavy atom. The molecule has 198 valence electrons. The molecule has 0 aliphatic carbocycles. The zero-order valence-corrected chi connectivity index (χ0v) is 18.0. The molecule has 36 heavy (non-hydrogen) atoms. The Hall–Kier alpha value is -3.31. The summed E-state index contributed by atoms with van der Waals surface area (Å²) in [5, 5.41) is 34.3. The SMILES string of the molecule is NC1=N[C@H]2[C@H](CO)N=C(N)N3C[C@H](OC(=O)Cc4cc(C(F)(F)F)cc(C(F)(F)F)c4)C(O)(O)[C@]23N1. The largest absolute Gasteiger partial charge is 0.454 e. The summed E-state index contributed by atoms with van der Waals surface area (Å²) in [4.78, 5) is 21.7. The van der Waals surface area contributed by atoms with E-state index in [4.69, 9.17) is 16.2 Å². The van der Waals surface area contributed by atoms with Crippen molar-refractivity contribution in [2.45, 2.75) is 48.4 Å². The fourth-order valence-electron chi connectivity index (χ4n) is 4.66. The summed E-state index contributed by atoms with van der Waals surface area (Å²) in [5.41, 5.74) is 5.65. The number of alkyl halides is 6. The second-order valence-corrected chi connectivity index (χ2v) is 8.49. The number of hydrogen-bond acceptors (Lipinski definition) is 11. The number of ether oxygens (including phenoxy) is 1. The first-order valence-electron chi connectivity index (χ1n) is 10.3. The molecule has 1 aromatic carbocycles. The number of aliphatic hydroxyl groups excluding tert-OH is 1. The second kappa shape index (κ2) is 8.10. The van der Waals surface area contributed by atoms with Crippen molar-refractivity contribution in [3.8, 4) is 0 Å². The fourth-order valence-corrected chi connectivity index (χ4v) is 4.66. The van der Waals surface area contributed by atoms with E-state index in [2.05, 4.69) is 15.3 Å². The first-order valence-corrected chi connectivity index (χ1v) is 10.3. The first-order chi connectivity index (χ1) is 16.5. The summed E-state index contributed by atoms with van der Waals surface area (Å²) < 4.78 is 83.7. The highest BCUT2D eigenvalue weighted by Gasteiger charge is 2.74. The van der Waals surface area contributed by atoms with Gasteiger partial charge in [-0.05, 0) is 23.8 Å². The highest BCUT2D eigenvalue weighted by molar-refractivity contribution is 5.87. The average molecular weight is 526 g/mol. The van der Waals surface area contributed by atoms with Crippen molar-refractivity contribution >= 4 is 17.9 Å². The van der Waals surface area contributed by atoms with Gasteiger partial charge in [-0.25, -0.2) is 9.98 Å². The van der Waals surface area contributed by atoms with E-state index in [1.165, 1.54) is 0 Å². The Kier molecular flexibility index (Phi) is 5.80. The standard InChI is InChI=1S/C19H20F6N6O5/c20-18(21,22)8-1-7(2-9(4-8)19(23,24)25)3-12(33)36-11-5-31-15(27)28-10(6-32)13-16(31,17(11,34)35)30-14(26)29-13/h1-2,4,10-11,13,32,34-35H,3,5-6H2,(H2,27,28)(H3,26,29,30)/t10-,11-,13-,16-/m0/s1. The van der Waals surface area contributed by atoms with E-state index in [-0.39, 0.29) is 18.0 Å². The third-order valence-electron chi connectivity index (χ3n) is 6.20. The lowest BCUT2D eigenvalue weighted by atomic mass is 9.86. The van der Waals surface area contributed by atoms with Crippen LogP contribution in [0.25, 0.3) is 0 Å². The molecule has 1 saturated heterocycles. The Bertz CT molecular complexity index is 1110. The molecule has 3 aliphatic heterocycles. The monoisotopic (exact) mass is 526 g/mol. The Morgan fingerprint density at radius 2 is 1.69 bits per heavy atom. The van der Waals surface area contributed by atoms with Crippen molar-refractivity contribution < 1.29 is 51.2 Å². The minimum absolute atomic E-state index is 0.0919. The van der Waals surface area contributed by atoms with Crippen LogP contribution in [0.4, 0.5) is 26.3 Å². The molecule has 3 aliphatic rings. The van der Waals surface area contributed by atoms with Crippen LogP contribution in [0.3, 0.4) is 0 Å². The van der Waals surface area contributed by atoms with E-state index in [1.807, 2.05) is 0 Å². The molecule has 4 rings (SSSR count). The average Bonchev–Trinajstić information content (AvgIpc) is 3.21. The minimum Gasteiger partial charge on any atom is -0.454 e. The number of hydrogen-bond donors (Lipinski definition) is 6. The van der Waals surface area contributed by atoms with Crippen molar-refractivity contribution in [2.75, 3.05) is 13.2 Å². The molecular formula is C19H20F6N6O5. The molecule has 0 bridgehead atoms. The lowest BCUT2D eigenvalue weighted by Gasteiger charge is -2.48. The molecule has 0 saturated carbocycles. The van der Waals surface area contributed by atoms with Crippen molar-refractivity contribution in [1.82, 2.24) is 10.2 Å². The molecule has 1 fully saturated rings. The summed E-state index contributed by atoms with van der Waals surface area (Å²) in [5.74, 6) is -4.90. The molecule has 1 aromatic rings. The molecule has 0 aromatic heterocycles. The number of carbonyl (C=O) groups excluding carboxylic acids is 1. The normalized spacial score (nSPS) is 29.1. The van der Waals surface area contributed by atoms with Crippen molar-refractivity contribution in [2.24, 2.45) is 21.5 Å². The lowest BCUT2D eigenvalue weighted by molar-refractivity contribution is -0.262. The maximum Gasteiger partial charge on any atom is 0.416 e. The summed E-state index contributed by atoms with van der Waals surface area (Å²) in [7, 11) is 0. The first kappa shape index (κ1) is 25.8. The molecule has 0 radical (unpaired) electrons.